The number of benzene rings is 1. The summed E-state index contributed by atoms with van der Waals surface area (Å²) in [6.07, 6.45) is 0.622. The zero-order valence-electron chi connectivity index (χ0n) is 9.72. The van der Waals surface area contributed by atoms with Gasteiger partial charge in [0, 0.05) is 19.6 Å². The third-order valence-electron chi connectivity index (χ3n) is 2.62. The van der Waals surface area contributed by atoms with Gasteiger partial charge < -0.3 is 4.74 Å². The first-order valence-electron chi connectivity index (χ1n) is 5.50. The van der Waals surface area contributed by atoms with E-state index in [2.05, 4.69) is 4.72 Å². The largest absolute Gasteiger partial charge is 0.496 e. The Bertz CT molecular complexity index is 483. The fourth-order valence-electron chi connectivity index (χ4n) is 1.60. The number of ether oxygens (including phenoxy) is 1. The molecule has 2 rings (SSSR count). The van der Waals surface area contributed by atoms with Gasteiger partial charge in [-0.05, 0) is 18.1 Å². The zero-order valence-corrected chi connectivity index (χ0v) is 10.5. The first-order valence-corrected chi connectivity index (χ1v) is 6.94. The van der Waals surface area contributed by atoms with Gasteiger partial charge >= 0.3 is 0 Å². The van der Waals surface area contributed by atoms with E-state index in [0.29, 0.717) is 26.1 Å². The van der Waals surface area contributed by atoms with Crippen molar-refractivity contribution >= 4 is 10.2 Å². The summed E-state index contributed by atoms with van der Waals surface area (Å²) in [6, 6.07) is 7.61. The van der Waals surface area contributed by atoms with E-state index in [4.69, 9.17) is 4.74 Å². The lowest BCUT2D eigenvalue weighted by molar-refractivity contribution is 0.409. The maximum Gasteiger partial charge on any atom is 0.279 e. The van der Waals surface area contributed by atoms with Crippen molar-refractivity contribution in [1.29, 1.82) is 0 Å². The van der Waals surface area contributed by atoms with Crippen molar-refractivity contribution in [3.8, 4) is 5.75 Å². The number of para-hydroxylation sites is 1. The highest BCUT2D eigenvalue weighted by Gasteiger charge is 2.30. The number of hydrogen-bond acceptors (Lipinski definition) is 3. The molecule has 0 aliphatic carbocycles. The third kappa shape index (κ3) is 3.18. The number of hydrogen-bond donors (Lipinski definition) is 1. The molecule has 0 bridgehead atoms. The molecule has 6 heteroatoms. The van der Waals surface area contributed by atoms with Gasteiger partial charge in [0.05, 0.1) is 7.11 Å². The van der Waals surface area contributed by atoms with E-state index in [1.165, 1.54) is 4.31 Å². The van der Waals surface area contributed by atoms with Crippen molar-refractivity contribution in [2.45, 2.75) is 6.42 Å². The summed E-state index contributed by atoms with van der Waals surface area (Å²) in [5.41, 5.74) is 1.00. The van der Waals surface area contributed by atoms with Crippen LogP contribution in [-0.2, 0) is 16.6 Å². The summed E-state index contributed by atoms with van der Waals surface area (Å²) in [6.45, 7) is 1.65. The van der Waals surface area contributed by atoms with Crippen molar-refractivity contribution < 1.29 is 13.2 Å². The lowest BCUT2D eigenvalue weighted by Crippen LogP contribution is -2.31. The van der Waals surface area contributed by atoms with Crippen LogP contribution in [0, 0.1) is 0 Å². The van der Waals surface area contributed by atoms with Crippen LogP contribution in [-0.4, -0.2) is 39.5 Å². The first kappa shape index (κ1) is 12.3. The van der Waals surface area contributed by atoms with E-state index in [9.17, 15) is 8.42 Å². The molecule has 1 aromatic carbocycles. The SMILES string of the molecule is COc1ccccc1CCNS(=O)(=O)N1CC1. The number of rotatable bonds is 6. The quantitative estimate of drug-likeness (QED) is 0.749. The molecule has 0 aromatic heterocycles. The van der Waals surface area contributed by atoms with Gasteiger partial charge in [-0.1, -0.05) is 18.2 Å². The Morgan fingerprint density at radius 2 is 2.06 bits per heavy atom. The van der Waals surface area contributed by atoms with E-state index in [-0.39, 0.29) is 0 Å². The summed E-state index contributed by atoms with van der Waals surface area (Å²) < 4.78 is 32.2. The van der Waals surface area contributed by atoms with Gasteiger partial charge in [0.25, 0.3) is 10.2 Å². The molecule has 0 unspecified atom stereocenters. The van der Waals surface area contributed by atoms with Gasteiger partial charge in [-0.25, -0.2) is 4.72 Å². The Labute approximate surface area is 102 Å². The second-order valence-corrected chi connectivity index (χ2v) is 5.62. The highest BCUT2D eigenvalue weighted by molar-refractivity contribution is 7.87. The van der Waals surface area contributed by atoms with E-state index in [0.717, 1.165) is 11.3 Å². The van der Waals surface area contributed by atoms with Crippen LogP contribution in [0.25, 0.3) is 0 Å². The van der Waals surface area contributed by atoms with Crippen molar-refractivity contribution in [3.63, 3.8) is 0 Å². The summed E-state index contributed by atoms with van der Waals surface area (Å²) in [5.74, 6) is 0.790. The molecule has 94 valence electrons. The highest BCUT2D eigenvalue weighted by atomic mass is 32.2. The zero-order chi connectivity index (χ0) is 12.3. The van der Waals surface area contributed by atoms with E-state index >= 15 is 0 Å². The number of nitrogens with one attached hydrogen (secondary N) is 1. The van der Waals surface area contributed by atoms with Crippen molar-refractivity contribution in [1.82, 2.24) is 9.03 Å². The van der Waals surface area contributed by atoms with Crippen molar-refractivity contribution in [2.75, 3.05) is 26.7 Å². The molecule has 0 atom stereocenters. The lowest BCUT2D eigenvalue weighted by Gasteiger charge is -2.09. The number of nitrogens with zero attached hydrogens (tertiary/aromatic N) is 1. The van der Waals surface area contributed by atoms with E-state index in [1.54, 1.807) is 7.11 Å². The topological polar surface area (TPSA) is 58.4 Å². The molecule has 5 nitrogen and oxygen atoms in total. The van der Waals surface area contributed by atoms with Gasteiger partial charge in [-0.3, -0.25) is 0 Å². The van der Waals surface area contributed by atoms with Crippen LogP contribution in [0.15, 0.2) is 24.3 Å². The summed E-state index contributed by atoms with van der Waals surface area (Å²) in [5, 5.41) is 0. The maximum atomic E-state index is 11.5. The minimum atomic E-state index is -3.23. The Kier molecular flexibility index (Phi) is 3.66. The van der Waals surface area contributed by atoms with Gasteiger partial charge in [0.2, 0.25) is 0 Å². The maximum absolute atomic E-state index is 11.5. The molecule has 0 radical (unpaired) electrons. The predicted molar refractivity (Wildman–Crippen MR) is 65.2 cm³/mol. The molecule has 1 heterocycles. The third-order valence-corrected chi connectivity index (χ3v) is 4.23. The van der Waals surface area contributed by atoms with Crippen LogP contribution < -0.4 is 9.46 Å². The van der Waals surface area contributed by atoms with E-state index < -0.39 is 10.2 Å². The fraction of sp³-hybridized carbons (Fsp3) is 0.455. The van der Waals surface area contributed by atoms with Gasteiger partial charge in [0.15, 0.2) is 0 Å². The van der Waals surface area contributed by atoms with Crippen LogP contribution in [0.5, 0.6) is 5.75 Å². The standard InChI is InChI=1S/C11H16N2O3S/c1-16-11-5-3-2-4-10(11)6-7-12-17(14,15)13-8-9-13/h2-5,12H,6-9H2,1H3. The number of methoxy groups -OCH3 is 1. The first-order chi connectivity index (χ1) is 8.13. The fourth-order valence-corrected chi connectivity index (χ4v) is 2.70. The molecule has 0 spiro atoms. The minimum absolute atomic E-state index is 0.388. The van der Waals surface area contributed by atoms with Gasteiger partial charge in [-0.15, -0.1) is 0 Å². The van der Waals surface area contributed by atoms with Crippen LogP contribution in [0.4, 0.5) is 0 Å². The average Bonchev–Trinajstić information content (AvgIpc) is 3.13. The molecule has 1 N–H and O–H groups in total. The Hall–Kier alpha value is -1.11. The van der Waals surface area contributed by atoms with Crippen LogP contribution >= 0.6 is 0 Å². The summed E-state index contributed by atoms with van der Waals surface area (Å²) in [4.78, 5) is 0. The van der Waals surface area contributed by atoms with Crippen LogP contribution in [0.1, 0.15) is 5.56 Å². The van der Waals surface area contributed by atoms with Crippen molar-refractivity contribution in [3.05, 3.63) is 29.8 Å². The molecule has 1 aliphatic rings. The van der Waals surface area contributed by atoms with Crippen LogP contribution in [0.2, 0.25) is 0 Å². The minimum Gasteiger partial charge on any atom is -0.496 e. The molecule has 0 amide bonds. The molecular weight excluding hydrogens is 240 g/mol. The summed E-state index contributed by atoms with van der Waals surface area (Å²) in [7, 11) is -1.62. The molecule has 0 saturated carbocycles. The molecule has 1 aromatic rings. The average molecular weight is 256 g/mol. The van der Waals surface area contributed by atoms with Gasteiger partial charge in [0.1, 0.15) is 5.75 Å². The predicted octanol–water partition coefficient (Wildman–Crippen LogP) is 0.388. The van der Waals surface area contributed by atoms with Gasteiger partial charge in [-0.2, -0.15) is 12.7 Å². The normalized spacial score (nSPS) is 15.8. The Balaban J connectivity index is 1.89. The molecule has 1 aliphatic heterocycles. The molecule has 1 saturated heterocycles. The Morgan fingerprint density at radius 1 is 1.35 bits per heavy atom. The monoisotopic (exact) mass is 256 g/mol. The summed E-state index contributed by atoms with van der Waals surface area (Å²) >= 11 is 0. The second-order valence-electron chi connectivity index (χ2n) is 3.86. The van der Waals surface area contributed by atoms with Crippen molar-refractivity contribution in [2.24, 2.45) is 0 Å². The van der Waals surface area contributed by atoms with E-state index in [1.807, 2.05) is 24.3 Å². The lowest BCUT2D eigenvalue weighted by atomic mass is 10.1. The Morgan fingerprint density at radius 3 is 2.71 bits per heavy atom. The van der Waals surface area contributed by atoms with Crippen LogP contribution in [0.3, 0.4) is 0 Å². The highest BCUT2D eigenvalue weighted by Crippen LogP contribution is 2.17. The molecule has 1 fully saturated rings. The smallest absolute Gasteiger partial charge is 0.279 e. The second kappa shape index (κ2) is 5.03. The molecule has 17 heavy (non-hydrogen) atoms. The molecular formula is C11H16N2O3S.